The van der Waals surface area contributed by atoms with Crippen molar-refractivity contribution in [2.75, 3.05) is 13.1 Å². The summed E-state index contributed by atoms with van der Waals surface area (Å²) >= 11 is 1.38. The van der Waals surface area contributed by atoms with Crippen LogP contribution in [0.3, 0.4) is 0 Å². The molecule has 0 amide bonds. The van der Waals surface area contributed by atoms with Crippen molar-refractivity contribution in [1.29, 1.82) is 0 Å². The van der Waals surface area contributed by atoms with Gasteiger partial charge in [0.15, 0.2) is 0 Å². The molecule has 0 saturated carbocycles. The Bertz CT molecular complexity index is 758. The van der Waals surface area contributed by atoms with Crippen LogP contribution in [0.25, 0.3) is 0 Å². The summed E-state index contributed by atoms with van der Waals surface area (Å²) in [5.41, 5.74) is 3.05. The van der Waals surface area contributed by atoms with Crippen LogP contribution in [0.1, 0.15) is 25.0 Å². The number of benzene rings is 2. The zero-order chi connectivity index (χ0) is 22.4. The van der Waals surface area contributed by atoms with Crippen molar-refractivity contribution in [2.45, 2.75) is 13.8 Å². The molecule has 9 nitrogen and oxygen atoms in total. The molecule has 0 atom stereocenters. The first-order valence-electron chi connectivity index (χ1n) is 7.97. The molecule has 0 aromatic heterocycles. The number of nitrogens with zero attached hydrogens (tertiary/aromatic N) is 2. The zero-order valence-electron chi connectivity index (χ0n) is 15.6. The number of phenols is 2. The van der Waals surface area contributed by atoms with Crippen molar-refractivity contribution in [3.8, 4) is 11.5 Å². The van der Waals surface area contributed by atoms with E-state index >= 15 is 0 Å². The van der Waals surface area contributed by atoms with Crippen LogP contribution in [0.15, 0.2) is 58.5 Å². The summed E-state index contributed by atoms with van der Waals surface area (Å²) in [5.74, 6) is 0.468. The molecule has 2 rings (SSSR count). The predicted octanol–water partition coefficient (Wildman–Crippen LogP) is -1.46. The van der Waals surface area contributed by atoms with Crippen LogP contribution in [0.2, 0.25) is 0 Å². The average molecular weight is 464 g/mol. The van der Waals surface area contributed by atoms with Gasteiger partial charge in [0.2, 0.25) is 0 Å². The summed E-state index contributed by atoms with van der Waals surface area (Å²) in [6, 6.07) is 14.3. The summed E-state index contributed by atoms with van der Waals surface area (Å²) in [6.45, 7) is 4.81. The van der Waals surface area contributed by atoms with Gasteiger partial charge in [-0.3, -0.25) is 9.98 Å². The van der Waals surface area contributed by atoms with Crippen LogP contribution in [0.5, 0.6) is 11.5 Å². The Labute approximate surface area is 178 Å². The van der Waals surface area contributed by atoms with Gasteiger partial charge >= 0.3 is 20.0 Å². The molecule has 11 heteroatoms. The number of hydrogen-bond acceptors (Lipinski definition) is 9. The Kier molecular flexibility index (Phi) is 12.9. The van der Waals surface area contributed by atoms with Crippen LogP contribution in [0, 0.1) is 10.2 Å². The van der Waals surface area contributed by atoms with Gasteiger partial charge in [-0.25, -0.2) is 18.6 Å². The van der Waals surface area contributed by atoms with E-state index in [2.05, 4.69) is 9.98 Å². The number of aromatic hydroxyl groups is 2. The molecule has 0 heterocycles. The Morgan fingerprint density at radius 2 is 1.07 bits per heavy atom. The van der Waals surface area contributed by atoms with Crippen LogP contribution < -0.4 is 18.6 Å². The van der Waals surface area contributed by atoms with Crippen molar-refractivity contribution in [3.63, 3.8) is 0 Å². The first-order valence-corrected chi connectivity index (χ1v) is 9.72. The van der Waals surface area contributed by atoms with Crippen LogP contribution in [-0.4, -0.2) is 34.7 Å². The van der Waals surface area contributed by atoms with Gasteiger partial charge in [0, 0.05) is 22.6 Å². The van der Waals surface area contributed by atoms with E-state index in [-0.39, 0.29) is 11.5 Å². The fourth-order valence-corrected chi connectivity index (χ4v) is 2.16. The topological polar surface area (TPSA) is 174 Å². The van der Waals surface area contributed by atoms with E-state index in [9.17, 15) is 10.2 Å². The maximum absolute atomic E-state index is 9.77. The van der Waals surface area contributed by atoms with E-state index < -0.39 is 10.2 Å². The van der Waals surface area contributed by atoms with Gasteiger partial charge in [-0.05, 0) is 38.1 Å². The molecule has 0 radical (unpaired) electrons. The molecule has 0 unspecified atom stereocenters. The van der Waals surface area contributed by atoms with Crippen LogP contribution in [0.4, 0.5) is 0 Å². The van der Waals surface area contributed by atoms with Crippen molar-refractivity contribution in [3.05, 3.63) is 59.7 Å². The van der Waals surface area contributed by atoms with E-state index in [4.69, 9.17) is 22.4 Å². The van der Waals surface area contributed by atoms with Crippen molar-refractivity contribution in [2.24, 2.45) is 9.98 Å². The van der Waals surface area contributed by atoms with Gasteiger partial charge in [0.05, 0.1) is 13.1 Å². The first kappa shape index (κ1) is 26.8. The van der Waals surface area contributed by atoms with Gasteiger partial charge in [-0.2, -0.15) is 0 Å². The summed E-state index contributed by atoms with van der Waals surface area (Å²) in [5, 5.41) is 19.5. The molecule has 2 N–H and O–H groups in total. The second-order valence-corrected chi connectivity index (χ2v) is 6.10. The van der Waals surface area contributed by atoms with E-state index in [1.807, 2.05) is 38.1 Å². The summed E-state index contributed by atoms with van der Waals surface area (Å²) < 4.78 is 42.1. The molecule has 0 saturated heterocycles. The number of halogens is 1. The molecular formula is C18H20ClCrN2O7-. The van der Waals surface area contributed by atoms with Gasteiger partial charge < -0.3 is 10.2 Å². The molecule has 0 bridgehead atoms. The Balaban J connectivity index is 0.000000977. The van der Waals surface area contributed by atoms with Crippen molar-refractivity contribution < 1.29 is 59.1 Å². The number of aliphatic imine (C=N–C) groups is 2. The fourth-order valence-electron chi connectivity index (χ4n) is 2.16. The molecule has 2 aromatic carbocycles. The number of hydrogen-bond donors (Lipinski definition) is 2. The Morgan fingerprint density at radius 3 is 1.34 bits per heavy atom. The fraction of sp³-hybridized carbons (Fsp3) is 0.222. The molecule has 2 aromatic rings. The van der Waals surface area contributed by atoms with Crippen molar-refractivity contribution >= 4 is 11.4 Å². The van der Waals surface area contributed by atoms with Crippen molar-refractivity contribution in [1.82, 2.24) is 0 Å². The molecule has 0 aliphatic carbocycles. The quantitative estimate of drug-likeness (QED) is 0.402. The molecule has 29 heavy (non-hydrogen) atoms. The third kappa shape index (κ3) is 12.1. The van der Waals surface area contributed by atoms with Gasteiger partial charge in [-0.1, -0.05) is 24.3 Å². The van der Waals surface area contributed by atoms with Crippen LogP contribution >= 0.6 is 0 Å². The van der Waals surface area contributed by atoms with Gasteiger partial charge in [0.1, 0.15) is 11.5 Å². The molecule has 0 fully saturated rings. The Hall–Kier alpha value is -2.16. The number of phenolic OH excluding ortho intramolecular Hbond substituents is 2. The minimum atomic E-state index is -4.94. The second-order valence-electron chi connectivity index (χ2n) is 5.35. The van der Waals surface area contributed by atoms with E-state index in [1.54, 1.807) is 24.3 Å². The zero-order valence-corrected chi connectivity index (χ0v) is 17.7. The van der Waals surface area contributed by atoms with E-state index in [0.29, 0.717) is 13.1 Å². The maximum atomic E-state index is 9.77. The average Bonchev–Trinajstić information content (AvgIpc) is 2.66. The summed E-state index contributed by atoms with van der Waals surface area (Å²) in [6.07, 6.45) is 0. The predicted molar refractivity (Wildman–Crippen MR) is 91.1 cm³/mol. The summed E-state index contributed by atoms with van der Waals surface area (Å²) in [4.78, 5) is 8.86. The standard InChI is InChI=1S/C18H20N2O2.ClHO4.Cr.O/c1-13(15-7-3-5-9-17(15)21)19-11-12-20-14(2)16-8-4-6-10-18(16)22;2-1(3,4)5;;/h3-10,21-22H,11-12H2,1-2H3;(H,2,3,4,5);;/p-1. The van der Waals surface area contributed by atoms with Crippen LogP contribution in [-0.2, 0) is 20.0 Å². The SMILES string of the molecule is CC(=NCCN=C(C)c1ccccc1O)c1ccccc1O.[O-][Cl+3]([O-])([O-])[O-].[O]=[Cr]. The molecule has 158 valence electrons. The normalized spacial score (nSPS) is 11.7. The first-order chi connectivity index (χ1) is 13.6. The second kappa shape index (κ2) is 13.9. The molecular weight excluding hydrogens is 444 g/mol. The number of para-hydroxylation sites is 2. The minimum absolute atomic E-state index is 0.234. The third-order valence-corrected chi connectivity index (χ3v) is 3.39. The van der Waals surface area contributed by atoms with Gasteiger partial charge in [-0.15, -0.1) is 10.2 Å². The summed E-state index contributed by atoms with van der Waals surface area (Å²) in [7, 11) is -4.94. The van der Waals surface area contributed by atoms with Gasteiger partial charge in [0.25, 0.3) is 0 Å². The number of rotatable bonds is 5. The molecule has 0 aliphatic rings. The third-order valence-electron chi connectivity index (χ3n) is 3.39. The Morgan fingerprint density at radius 1 is 0.793 bits per heavy atom. The molecule has 0 spiro atoms. The molecule has 0 aliphatic heterocycles. The monoisotopic (exact) mass is 463 g/mol. The van der Waals surface area contributed by atoms with E-state index in [1.165, 1.54) is 16.2 Å². The van der Waals surface area contributed by atoms with E-state index in [0.717, 1.165) is 22.6 Å².